The van der Waals surface area contributed by atoms with Gasteiger partial charge in [-0.3, -0.25) is 0 Å². The molecule has 0 radical (unpaired) electrons. The molecule has 1 saturated heterocycles. The van der Waals surface area contributed by atoms with Crippen molar-refractivity contribution in [3.05, 3.63) is 46.8 Å². The number of rotatable bonds is 4. The third-order valence-electron chi connectivity index (χ3n) is 3.56. The predicted molar refractivity (Wildman–Crippen MR) is 84.8 cm³/mol. The van der Waals surface area contributed by atoms with E-state index in [-0.39, 0.29) is 11.8 Å². The minimum atomic E-state index is -0.481. The van der Waals surface area contributed by atoms with Crippen molar-refractivity contribution >= 4 is 23.6 Å². The number of halogens is 1. The van der Waals surface area contributed by atoms with Crippen LogP contribution in [-0.4, -0.2) is 37.3 Å². The molecule has 6 nitrogen and oxygen atoms in total. The monoisotopic (exact) mass is 336 g/mol. The highest BCUT2D eigenvalue weighted by Crippen LogP contribution is 2.26. The van der Waals surface area contributed by atoms with E-state index in [2.05, 4.69) is 4.98 Å². The zero-order valence-corrected chi connectivity index (χ0v) is 13.5. The molecule has 0 aliphatic carbocycles. The molecule has 2 heterocycles. The molecule has 7 heteroatoms. The number of oxazole rings is 1. The van der Waals surface area contributed by atoms with Crippen LogP contribution in [-0.2, 0) is 9.47 Å². The predicted octanol–water partition coefficient (Wildman–Crippen LogP) is 3.08. The molecule has 1 aliphatic heterocycles. The Labute approximate surface area is 139 Å². The second-order valence-electron chi connectivity index (χ2n) is 5.09. The van der Waals surface area contributed by atoms with Crippen LogP contribution in [0.2, 0.25) is 5.02 Å². The first-order chi connectivity index (χ1) is 11.2. The first-order valence-corrected chi connectivity index (χ1v) is 7.80. The number of morpholine rings is 1. The summed E-state index contributed by atoms with van der Waals surface area (Å²) in [7, 11) is 0. The van der Waals surface area contributed by atoms with E-state index >= 15 is 0 Å². The fourth-order valence-electron chi connectivity index (χ4n) is 2.41. The van der Waals surface area contributed by atoms with Crippen molar-refractivity contribution in [1.29, 1.82) is 0 Å². The molecule has 2 aromatic rings. The van der Waals surface area contributed by atoms with Gasteiger partial charge in [0.05, 0.1) is 19.8 Å². The fourth-order valence-corrected chi connectivity index (χ4v) is 2.54. The highest BCUT2D eigenvalue weighted by molar-refractivity contribution is 6.30. The smallest absolute Gasteiger partial charge is 0.360 e. The van der Waals surface area contributed by atoms with E-state index in [9.17, 15) is 4.79 Å². The molecule has 0 amide bonds. The Hall–Kier alpha value is -2.05. The Morgan fingerprint density at radius 3 is 2.96 bits per heavy atom. The summed E-state index contributed by atoms with van der Waals surface area (Å²) in [5.74, 6) is -0.481. The number of carbonyl (C=O) groups is 1. The minimum absolute atomic E-state index is 0.0982. The number of benzene rings is 1. The lowest BCUT2D eigenvalue weighted by Crippen LogP contribution is -2.38. The zero-order valence-electron chi connectivity index (χ0n) is 12.7. The molecule has 1 fully saturated rings. The average Bonchev–Trinajstić information content (AvgIpc) is 3.06. The third-order valence-corrected chi connectivity index (χ3v) is 3.81. The average molecular weight is 337 g/mol. The number of carbonyl (C=O) groups excluding carboxylic acids is 1. The van der Waals surface area contributed by atoms with Crippen LogP contribution in [0.15, 0.2) is 34.9 Å². The number of hydrogen-bond acceptors (Lipinski definition) is 6. The maximum absolute atomic E-state index is 11.7. The van der Waals surface area contributed by atoms with Gasteiger partial charge in [0.25, 0.3) is 6.01 Å². The zero-order chi connectivity index (χ0) is 16.2. The number of esters is 1. The summed E-state index contributed by atoms with van der Waals surface area (Å²) < 4.78 is 16.1. The van der Waals surface area contributed by atoms with Crippen molar-refractivity contribution in [2.45, 2.75) is 13.0 Å². The second kappa shape index (κ2) is 7.02. The third kappa shape index (κ3) is 3.65. The summed E-state index contributed by atoms with van der Waals surface area (Å²) in [6.07, 6.45) is 1.22. The minimum Gasteiger partial charge on any atom is -0.461 e. The lowest BCUT2D eigenvalue weighted by atomic mass is 10.1. The summed E-state index contributed by atoms with van der Waals surface area (Å²) in [4.78, 5) is 17.8. The van der Waals surface area contributed by atoms with Gasteiger partial charge in [0.2, 0.25) is 0 Å². The lowest BCUT2D eigenvalue weighted by molar-refractivity contribution is 0.0380. The van der Waals surface area contributed by atoms with Crippen molar-refractivity contribution < 1.29 is 18.7 Å². The molecule has 0 spiro atoms. The van der Waals surface area contributed by atoms with Gasteiger partial charge in [0.1, 0.15) is 12.4 Å². The van der Waals surface area contributed by atoms with Crippen molar-refractivity contribution in [1.82, 2.24) is 4.98 Å². The van der Waals surface area contributed by atoms with E-state index in [0.717, 1.165) is 5.56 Å². The normalized spacial score (nSPS) is 18.0. The van der Waals surface area contributed by atoms with Gasteiger partial charge in [-0.15, -0.1) is 0 Å². The highest BCUT2D eigenvalue weighted by atomic mass is 35.5. The molecule has 0 N–H and O–H groups in total. The van der Waals surface area contributed by atoms with Gasteiger partial charge in [-0.25, -0.2) is 4.79 Å². The lowest BCUT2D eigenvalue weighted by Gasteiger charge is -2.32. The number of anilines is 1. The van der Waals surface area contributed by atoms with Crippen LogP contribution >= 0.6 is 11.6 Å². The van der Waals surface area contributed by atoms with Crippen LogP contribution in [0.5, 0.6) is 0 Å². The van der Waals surface area contributed by atoms with E-state index in [1.165, 1.54) is 6.26 Å². The number of hydrogen-bond donors (Lipinski definition) is 0. The Balaban J connectivity index is 1.71. The van der Waals surface area contributed by atoms with Crippen molar-refractivity contribution in [3.8, 4) is 0 Å². The largest absolute Gasteiger partial charge is 0.461 e. The molecule has 1 aliphatic rings. The van der Waals surface area contributed by atoms with E-state index in [1.54, 1.807) is 6.92 Å². The van der Waals surface area contributed by atoms with Gasteiger partial charge in [-0.1, -0.05) is 23.7 Å². The van der Waals surface area contributed by atoms with E-state index in [4.69, 9.17) is 25.5 Å². The fraction of sp³-hybridized carbons (Fsp3) is 0.375. The first kappa shape index (κ1) is 15.8. The van der Waals surface area contributed by atoms with Gasteiger partial charge in [0.15, 0.2) is 5.69 Å². The quantitative estimate of drug-likeness (QED) is 0.799. The Morgan fingerprint density at radius 2 is 2.22 bits per heavy atom. The molecule has 3 rings (SSSR count). The molecule has 1 aromatic carbocycles. The Bertz CT molecular complexity index is 671. The number of ether oxygens (including phenoxy) is 2. The highest BCUT2D eigenvalue weighted by Gasteiger charge is 2.26. The molecule has 23 heavy (non-hydrogen) atoms. The molecule has 122 valence electrons. The molecular formula is C16H17ClN2O4. The van der Waals surface area contributed by atoms with Crippen LogP contribution in [0.3, 0.4) is 0 Å². The molecule has 0 bridgehead atoms. The summed E-state index contributed by atoms with van der Waals surface area (Å²) in [5.41, 5.74) is 1.22. The molecule has 1 unspecified atom stereocenters. The number of aromatic nitrogens is 1. The van der Waals surface area contributed by atoms with Gasteiger partial charge < -0.3 is 18.8 Å². The summed E-state index contributed by atoms with van der Waals surface area (Å²) in [5, 5.41) is 0.688. The second-order valence-corrected chi connectivity index (χ2v) is 5.53. The Kier molecular flexibility index (Phi) is 4.83. The summed E-state index contributed by atoms with van der Waals surface area (Å²) in [6, 6.07) is 7.95. The molecule has 1 atom stereocenters. The summed E-state index contributed by atoms with van der Waals surface area (Å²) in [6.45, 7) is 3.83. The van der Waals surface area contributed by atoms with Crippen molar-refractivity contribution in [3.63, 3.8) is 0 Å². The van der Waals surface area contributed by atoms with E-state index in [1.807, 2.05) is 29.2 Å². The van der Waals surface area contributed by atoms with Gasteiger partial charge in [-0.05, 0) is 24.6 Å². The summed E-state index contributed by atoms with van der Waals surface area (Å²) >= 11 is 5.91. The maximum atomic E-state index is 11.7. The maximum Gasteiger partial charge on any atom is 0.360 e. The van der Waals surface area contributed by atoms with Crippen molar-refractivity contribution in [2.24, 2.45) is 0 Å². The van der Waals surface area contributed by atoms with Crippen LogP contribution in [0.1, 0.15) is 29.1 Å². The molecule has 1 aromatic heterocycles. The Morgan fingerprint density at radius 1 is 1.43 bits per heavy atom. The van der Waals surface area contributed by atoms with E-state index in [0.29, 0.717) is 37.3 Å². The van der Waals surface area contributed by atoms with Gasteiger partial charge >= 0.3 is 5.97 Å². The standard InChI is InChI=1S/C16H17ClN2O4/c1-2-21-15(20)13-10-23-16(18-13)19-7-8-22-14(9-19)11-3-5-12(17)6-4-11/h3-6,10,14H,2,7-9H2,1H3. The van der Waals surface area contributed by atoms with E-state index < -0.39 is 5.97 Å². The van der Waals surface area contributed by atoms with Crippen molar-refractivity contribution in [2.75, 3.05) is 31.2 Å². The first-order valence-electron chi connectivity index (χ1n) is 7.42. The molecule has 0 saturated carbocycles. The van der Waals surface area contributed by atoms with Crippen LogP contribution in [0.4, 0.5) is 6.01 Å². The topological polar surface area (TPSA) is 64.8 Å². The number of nitrogens with zero attached hydrogens (tertiary/aromatic N) is 2. The van der Waals surface area contributed by atoms with Gasteiger partial charge in [0, 0.05) is 11.6 Å². The SMILES string of the molecule is CCOC(=O)c1coc(N2CCOC(c3ccc(Cl)cc3)C2)n1. The van der Waals surface area contributed by atoms with Crippen LogP contribution in [0.25, 0.3) is 0 Å². The molecular weight excluding hydrogens is 320 g/mol. The van der Waals surface area contributed by atoms with Crippen LogP contribution in [0, 0.1) is 0 Å². The van der Waals surface area contributed by atoms with Gasteiger partial charge in [-0.2, -0.15) is 4.98 Å². The van der Waals surface area contributed by atoms with Crippen LogP contribution < -0.4 is 4.90 Å².